The van der Waals surface area contributed by atoms with Gasteiger partial charge in [-0.3, -0.25) is 0 Å². The highest BCUT2D eigenvalue weighted by molar-refractivity contribution is 9.11. The summed E-state index contributed by atoms with van der Waals surface area (Å²) >= 11 is 14.6. The lowest BCUT2D eigenvalue weighted by atomic mass is 9.81. The lowest BCUT2D eigenvalue weighted by molar-refractivity contribution is 0.0397. The monoisotopic (exact) mass is 1080 g/mol. The van der Waals surface area contributed by atoms with Crippen molar-refractivity contribution >= 4 is 100.0 Å². The summed E-state index contributed by atoms with van der Waals surface area (Å²) in [5.74, 6) is -0.0823. The Hall–Kier alpha value is -1.74. The first-order valence-corrected chi connectivity index (χ1v) is 29.0. The van der Waals surface area contributed by atoms with Crippen LogP contribution in [0.1, 0.15) is 180 Å². The maximum Gasteiger partial charge on any atom is 0.170 e. The number of ether oxygens (including phenoxy) is 2. The molecule has 2 aliphatic rings. The molecule has 1 aromatic carbocycles. The third-order valence-electron chi connectivity index (χ3n) is 13.0. The van der Waals surface area contributed by atoms with E-state index in [9.17, 15) is 0 Å². The number of halogens is 4. The molecule has 13 heteroatoms. The standard InChI is InChI=1S/C50H60Br2F2N2O2S5/c1-5-7-9-11-13-15-17-19-21-23-25-50(26-24-22-20-18-16-14-12-10-8-6-2)32-28-36(60-46(32)48-34(58-50)30-38(52)62-48)40-42(54)41(53)39(43-44(40)56-63-55-43)35-27-31-45(59-35)47-33(29-37(51)61-47)57-49(31,3)4/h27-30H,5-26H2,1-4H3. The molecular formula is C50H60Br2F2N2O2S5. The molecule has 0 radical (unpaired) electrons. The van der Waals surface area contributed by atoms with Gasteiger partial charge in [-0.25, -0.2) is 8.78 Å². The van der Waals surface area contributed by atoms with Crippen molar-refractivity contribution in [2.24, 2.45) is 0 Å². The van der Waals surface area contributed by atoms with E-state index in [0.717, 1.165) is 100.0 Å². The van der Waals surface area contributed by atoms with Crippen molar-refractivity contribution in [1.82, 2.24) is 8.75 Å². The minimum atomic E-state index is -0.890. The molecule has 0 saturated carbocycles. The highest BCUT2D eigenvalue weighted by Crippen LogP contribution is 2.59. The van der Waals surface area contributed by atoms with Gasteiger partial charge < -0.3 is 9.47 Å². The van der Waals surface area contributed by atoms with Crippen LogP contribution in [0.2, 0.25) is 0 Å². The van der Waals surface area contributed by atoms with Crippen LogP contribution >= 0.6 is 88.9 Å². The summed E-state index contributed by atoms with van der Waals surface area (Å²) in [6, 6.07) is 8.17. The van der Waals surface area contributed by atoms with E-state index in [0.29, 0.717) is 20.8 Å². The molecule has 0 unspecified atom stereocenters. The molecule has 4 nitrogen and oxygen atoms in total. The van der Waals surface area contributed by atoms with Crippen LogP contribution in [0.25, 0.3) is 51.4 Å². The lowest BCUT2D eigenvalue weighted by Gasteiger charge is -2.38. The molecule has 2 aliphatic heterocycles. The van der Waals surface area contributed by atoms with E-state index in [1.807, 2.05) is 26.0 Å². The Morgan fingerprint density at radius 2 is 0.905 bits per heavy atom. The van der Waals surface area contributed by atoms with Crippen molar-refractivity contribution in [3.05, 3.63) is 54.6 Å². The number of thiophene rings is 4. The summed E-state index contributed by atoms with van der Waals surface area (Å²) in [6.45, 7) is 8.58. The number of hydrogen-bond acceptors (Lipinski definition) is 9. The van der Waals surface area contributed by atoms with Gasteiger partial charge in [-0.1, -0.05) is 129 Å². The zero-order valence-corrected chi connectivity index (χ0v) is 44.4. The molecule has 0 amide bonds. The van der Waals surface area contributed by atoms with E-state index in [1.54, 1.807) is 34.0 Å². The SMILES string of the molecule is CCCCCCCCCCCCC1(CCCCCCCCCCCC)Oc2cc(Br)sc2-c2sc(-c3c(F)c(F)c(-c4cc5c(s4)-c4sc(Br)cc4OC5(C)C)c4nsnc34)cc21. The second kappa shape index (κ2) is 21.5. The summed E-state index contributed by atoms with van der Waals surface area (Å²) in [6.07, 6.45) is 27.2. The van der Waals surface area contributed by atoms with Crippen LogP contribution in [0.4, 0.5) is 8.78 Å². The molecule has 8 rings (SSSR count). The van der Waals surface area contributed by atoms with Gasteiger partial charge in [-0.05, 0) is 83.5 Å². The fourth-order valence-electron chi connectivity index (χ4n) is 9.59. The quantitative estimate of drug-likeness (QED) is 0.0567. The van der Waals surface area contributed by atoms with E-state index in [-0.39, 0.29) is 11.1 Å². The molecule has 0 N–H and O–H groups in total. The average molecular weight is 1080 g/mol. The van der Waals surface area contributed by atoms with E-state index in [1.165, 1.54) is 114 Å². The van der Waals surface area contributed by atoms with Gasteiger partial charge in [0.05, 0.1) is 49.9 Å². The van der Waals surface area contributed by atoms with E-state index in [4.69, 9.17) is 13.8 Å². The zero-order chi connectivity index (χ0) is 44.1. The Balaban J connectivity index is 1.10. The van der Waals surface area contributed by atoms with Crippen molar-refractivity contribution in [2.75, 3.05) is 0 Å². The molecule has 340 valence electrons. The molecule has 0 fully saturated rings. The topological polar surface area (TPSA) is 44.2 Å². The number of rotatable bonds is 24. The maximum atomic E-state index is 17.2. The molecule has 0 atom stereocenters. The number of nitrogens with zero attached hydrogens (tertiary/aromatic N) is 2. The molecule has 0 spiro atoms. The molecule has 0 saturated heterocycles. The van der Waals surface area contributed by atoms with Gasteiger partial charge in [0, 0.05) is 33.0 Å². The van der Waals surface area contributed by atoms with Gasteiger partial charge in [0.1, 0.15) is 33.7 Å². The van der Waals surface area contributed by atoms with Crippen molar-refractivity contribution in [3.63, 3.8) is 0 Å². The molecule has 7 heterocycles. The maximum absolute atomic E-state index is 17.2. The van der Waals surface area contributed by atoms with Gasteiger partial charge in [0.15, 0.2) is 11.6 Å². The number of benzene rings is 1. The van der Waals surface area contributed by atoms with Crippen LogP contribution in [0.15, 0.2) is 31.8 Å². The Morgan fingerprint density at radius 1 is 0.508 bits per heavy atom. The number of unbranched alkanes of at least 4 members (excludes halogenated alkanes) is 18. The zero-order valence-electron chi connectivity index (χ0n) is 37.1. The number of aromatic nitrogens is 2. The molecule has 6 aromatic rings. The molecule has 0 aliphatic carbocycles. The molecule has 0 bridgehead atoms. The summed E-state index contributed by atoms with van der Waals surface area (Å²) in [5, 5.41) is 0. The van der Waals surface area contributed by atoms with Crippen LogP contribution < -0.4 is 9.47 Å². The second-order valence-electron chi connectivity index (χ2n) is 18.1. The Labute approximate surface area is 410 Å². The normalized spacial score (nSPS) is 14.7. The van der Waals surface area contributed by atoms with Crippen LogP contribution in [-0.4, -0.2) is 8.75 Å². The fraction of sp³-hybridized carbons (Fsp3) is 0.560. The first kappa shape index (κ1) is 47.7. The minimum absolute atomic E-state index is 0.165. The summed E-state index contributed by atoms with van der Waals surface area (Å²) in [4.78, 5) is 5.44. The predicted molar refractivity (Wildman–Crippen MR) is 275 cm³/mol. The van der Waals surface area contributed by atoms with Crippen LogP contribution in [0.5, 0.6) is 11.5 Å². The van der Waals surface area contributed by atoms with Gasteiger partial charge in [0.2, 0.25) is 0 Å². The Bertz CT molecular complexity index is 2460. The van der Waals surface area contributed by atoms with Gasteiger partial charge in [-0.2, -0.15) is 8.75 Å². The first-order chi connectivity index (χ1) is 30.5. The number of hydrogen-bond donors (Lipinski definition) is 0. The van der Waals surface area contributed by atoms with Crippen molar-refractivity contribution < 1.29 is 18.3 Å². The van der Waals surface area contributed by atoms with Crippen molar-refractivity contribution in [2.45, 2.75) is 180 Å². The van der Waals surface area contributed by atoms with Crippen LogP contribution in [-0.2, 0) is 11.2 Å². The molecule has 63 heavy (non-hydrogen) atoms. The summed E-state index contributed by atoms with van der Waals surface area (Å²) < 4.78 is 59.2. The highest BCUT2D eigenvalue weighted by Gasteiger charge is 2.44. The highest BCUT2D eigenvalue weighted by atomic mass is 79.9. The summed E-state index contributed by atoms with van der Waals surface area (Å²) in [7, 11) is 0. The smallest absolute Gasteiger partial charge is 0.170 e. The van der Waals surface area contributed by atoms with Crippen LogP contribution in [0.3, 0.4) is 0 Å². The van der Waals surface area contributed by atoms with Crippen LogP contribution in [0, 0.1) is 11.6 Å². The van der Waals surface area contributed by atoms with Gasteiger partial charge in [0.25, 0.3) is 0 Å². The van der Waals surface area contributed by atoms with Gasteiger partial charge in [-0.15, -0.1) is 45.3 Å². The van der Waals surface area contributed by atoms with Crippen molar-refractivity contribution in [1.29, 1.82) is 0 Å². The van der Waals surface area contributed by atoms with Gasteiger partial charge >= 0.3 is 0 Å². The lowest BCUT2D eigenvalue weighted by Crippen LogP contribution is -2.35. The first-order valence-electron chi connectivity index (χ1n) is 23.4. The van der Waals surface area contributed by atoms with Crippen molar-refractivity contribution in [3.8, 4) is 51.9 Å². The second-order valence-corrected chi connectivity index (χ2v) is 25.6. The fourth-order valence-corrected chi connectivity index (χ4v) is 16.1. The van der Waals surface area contributed by atoms with E-state index >= 15 is 8.78 Å². The summed E-state index contributed by atoms with van der Waals surface area (Å²) in [5.41, 5.74) is 2.02. The third-order valence-corrected chi connectivity index (χ3v) is 19.4. The molecule has 5 aromatic heterocycles. The minimum Gasteiger partial charge on any atom is -0.481 e. The largest absolute Gasteiger partial charge is 0.481 e. The average Bonchev–Trinajstić information content (AvgIpc) is 4.10. The molecular weight excluding hydrogens is 1020 g/mol. The Morgan fingerprint density at radius 3 is 1.37 bits per heavy atom. The predicted octanol–water partition coefficient (Wildman–Crippen LogP) is 20.2. The number of fused-ring (bicyclic) bond motifs is 7. The van der Waals surface area contributed by atoms with E-state index < -0.39 is 22.8 Å². The third kappa shape index (κ3) is 10.4. The Kier molecular flexibility index (Phi) is 16.3. The van der Waals surface area contributed by atoms with E-state index in [2.05, 4.69) is 62.2 Å².